The predicted molar refractivity (Wildman–Crippen MR) is 143 cm³/mol. The Bertz CT molecular complexity index is 1500. The Kier molecular flexibility index (Phi) is 8.09. The summed E-state index contributed by atoms with van der Waals surface area (Å²) in [4.78, 5) is 29.7. The van der Waals surface area contributed by atoms with Gasteiger partial charge in [0, 0.05) is 49.1 Å². The minimum atomic E-state index is -10.1. The van der Waals surface area contributed by atoms with E-state index in [1.54, 1.807) is 0 Å². The van der Waals surface area contributed by atoms with E-state index in [0.29, 0.717) is 17.0 Å². The van der Waals surface area contributed by atoms with Gasteiger partial charge in [-0.25, -0.2) is 21.6 Å². The van der Waals surface area contributed by atoms with Crippen molar-refractivity contribution in [1.82, 2.24) is 15.6 Å². The fourth-order valence-electron chi connectivity index (χ4n) is 5.11. The lowest BCUT2D eigenvalue weighted by Gasteiger charge is -2.41. The number of nitrogens with one attached hydrogen (secondary N) is 2. The van der Waals surface area contributed by atoms with E-state index in [9.17, 15) is 50.6 Å². The first-order valence-electron chi connectivity index (χ1n) is 12.9. The third-order valence-electron chi connectivity index (χ3n) is 7.40. The molecule has 1 saturated heterocycles. The molecule has 1 aliphatic heterocycles. The predicted octanol–water partition coefficient (Wildman–Crippen LogP) is 5.42. The third-order valence-corrected chi connectivity index (χ3v) is 10.1. The molecule has 1 aromatic heterocycles. The summed E-state index contributed by atoms with van der Waals surface area (Å²) in [7, 11) is -13.8. The number of aromatic nitrogens is 1. The van der Waals surface area contributed by atoms with Crippen LogP contribution >= 0.6 is 10.2 Å². The van der Waals surface area contributed by atoms with Crippen molar-refractivity contribution in [3.05, 3.63) is 54.1 Å². The maximum Gasteiger partial charge on any atom is 0.310 e. The van der Waals surface area contributed by atoms with Gasteiger partial charge in [0.25, 0.3) is 0 Å². The maximum absolute atomic E-state index is 14.3. The van der Waals surface area contributed by atoms with Gasteiger partial charge < -0.3 is 10.6 Å². The van der Waals surface area contributed by atoms with Crippen molar-refractivity contribution in [2.75, 3.05) is 17.7 Å². The van der Waals surface area contributed by atoms with Gasteiger partial charge in [0.1, 0.15) is 16.8 Å². The number of alkyl halides is 2. The number of halogens is 8. The highest BCUT2D eigenvalue weighted by molar-refractivity contribution is 8.45. The number of anilines is 1. The Balaban J connectivity index is 1.80. The molecule has 1 saturated carbocycles. The van der Waals surface area contributed by atoms with Crippen molar-refractivity contribution in [2.24, 2.45) is 0 Å². The van der Waals surface area contributed by atoms with Crippen molar-refractivity contribution >= 4 is 37.6 Å². The minimum absolute atomic E-state index is 0.0283. The average Bonchev–Trinajstić information content (AvgIpc) is 3.38. The monoisotopic (exact) mass is 664 g/mol. The number of amides is 2. The Hall–Kier alpha value is -2.99. The van der Waals surface area contributed by atoms with Gasteiger partial charge in [0.2, 0.25) is 17.7 Å². The van der Waals surface area contributed by atoms with Gasteiger partial charge in [0.05, 0.1) is 17.5 Å². The van der Waals surface area contributed by atoms with Crippen LogP contribution in [0.15, 0.2) is 47.6 Å². The van der Waals surface area contributed by atoms with Gasteiger partial charge in [-0.2, -0.15) is 0 Å². The fourth-order valence-corrected chi connectivity index (χ4v) is 6.70. The molecule has 0 spiro atoms. The zero-order valence-electron chi connectivity index (χ0n) is 22.5. The summed E-state index contributed by atoms with van der Waals surface area (Å²) in [6.45, 7) is -0.180. The number of sulfone groups is 1. The number of carbonyl (C=O) groups is 2. The molecule has 0 radical (unpaired) electrons. The van der Waals surface area contributed by atoms with Crippen molar-refractivity contribution in [3.8, 4) is 0 Å². The molecule has 2 heterocycles. The van der Waals surface area contributed by atoms with Crippen LogP contribution in [-0.2, 0) is 19.4 Å². The SMILES string of the molecule is CS(=O)(=O)C1CNC(C(=O)N(c2ccc(S(F)(F)(F)(F)F)cc2)C(C(=O)NC2CCC(F)(F)CC2)c2cncc(F)c2)C1. The molecular formula is C25H28F8N4O4S2. The van der Waals surface area contributed by atoms with E-state index in [4.69, 9.17) is 0 Å². The number of hydrogen-bond donors (Lipinski definition) is 2. The smallest absolute Gasteiger partial charge is 0.310 e. The minimum Gasteiger partial charge on any atom is -0.351 e. The number of pyridine rings is 1. The lowest BCUT2D eigenvalue weighted by atomic mass is 9.91. The summed E-state index contributed by atoms with van der Waals surface area (Å²) in [5.74, 6) is -5.99. The van der Waals surface area contributed by atoms with Crippen LogP contribution in [0.1, 0.15) is 43.7 Å². The second-order valence-electron chi connectivity index (χ2n) is 10.8. The summed E-state index contributed by atoms with van der Waals surface area (Å²) in [5.41, 5.74) is -0.763. The number of rotatable bonds is 8. The quantitative estimate of drug-likeness (QED) is 0.365. The number of carbonyl (C=O) groups excluding carboxylic acids is 2. The molecule has 1 aliphatic carbocycles. The lowest BCUT2D eigenvalue weighted by molar-refractivity contribution is -0.128. The molecule has 0 bridgehead atoms. The molecule has 240 valence electrons. The van der Waals surface area contributed by atoms with Crippen LogP contribution in [0.25, 0.3) is 0 Å². The maximum atomic E-state index is 14.3. The summed E-state index contributed by atoms with van der Waals surface area (Å²) in [5, 5.41) is 4.18. The normalized spacial score (nSPS) is 23.6. The molecule has 4 rings (SSSR count). The molecule has 2 fully saturated rings. The van der Waals surface area contributed by atoms with Gasteiger partial charge in [-0.15, -0.1) is 0 Å². The Morgan fingerprint density at radius 3 is 2.19 bits per heavy atom. The van der Waals surface area contributed by atoms with E-state index in [-0.39, 0.29) is 43.5 Å². The molecule has 1 aromatic carbocycles. The van der Waals surface area contributed by atoms with Crippen LogP contribution in [0, 0.1) is 5.82 Å². The van der Waals surface area contributed by atoms with Crippen molar-refractivity contribution in [1.29, 1.82) is 0 Å². The van der Waals surface area contributed by atoms with Crippen LogP contribution in [0.4, 0.5) is 38.3 Å². The average molecular weight is 665 g/mol. The van der Waals surface area contributed by atoms with E-state index in [1.165, 1.54) is 0 Å². The summed E-state index contributed by atoms with van der Waals surface area (Å²) < 4.78 is 133. The molecule has 2 N–H and O–H groups in total. The summed E-state index contributed by atoms with van der Waals surface area (Å²) in [6, 6.07) is -2.05. The van der Waals surface area contributed by atoms with Crippen molar-refractivity contribution < 1.29 is 50.6 Å². The second kappa shape index (κ2) is 10.6. The standard InChI is InChI=1S/C25H28F8N4O4S2/c1-42(40,41)19-11-21(35-14-19)24(39)37(18-2-4-20(5-3-18)43(29,30,31,32)33)22(15-10-16(26)13-34-12-15)23(38)36-17-6-8-25(27,28)9-7-17/h2-5,10,12-13,17,19,21-22,35H,6-9,11,14H2,1H3,(H,36,38). The van der Waals surface area contributed by atoms with Gasteiger partial charge in [0.15, 0.2) is 9.84 Å². The van der Waals surface area contributed by atoms with Crippen molar-refractivity contribution in [3.63, 3.8) is 0 Å². The summed E-state index contributed by atoms with van der Waals surface area (Å²) in [6.07, 6.45) is 0.984. The van der Waals surface area contributed by atoms with Crippen LogP contribution in [0.2, 0.25) is 0 Å². The fraction of sp³-hybridized carbons (Fsp3) is 0.480. The molecule has 8 nitrogen and oxygen atoms in total. The van der Waals surface area contributed by atoms with Crippen LogP contribution in [-0.4, -0.2) is 61.3 Å². The molecule has 2 amide bonds. The van der Waals surface area contributed by atoms with Crippen LogP contribution in [0.3, 0.4) is 0 Å². The highest BCUT2D eigenvalue weighted by atomic mass is 32.5. The van der Waals surface area contributed by atoms with Gasteiger partial charge >= 0.3 is 10.2 Å². The Labute approximate surface area is 241 Å². The van der Waals surface area contributed by atoms with Gasteiger partial charge in [-0.3, -0.25) is 19.5 Å². The Morgan fingerprint density at radius 1 is 1.07 bits per heavy atom. The highest BCUT2D eigenvalue weighted by Gasteiger charge is 2.65. The molecular weight excluding hydrogens is 636 g/mol. The molecule has 18 heteroatoms. The van der Waals surface area contributed by atoms with Crippen molar-refractivity contribution in [2.45, 2.75) is 66.3 Å². The number of nitrogens with zero attached hydrogens (tertiary/aromatic N) is 2. The van der Waals surface area contributed by atoms with Crippen LogP contribution < -0.4 is 15.5 Å². The molecule has 3 unspecified atom stereocenters. The van der Waals surface area contributed by atoms with Gasteiger partial charge in [-0.1, -0.05) is 19.4 Å². The first kappa shape index (κ1) is 32.9. The zero-order chi connectivity index (χ0) is 32.1. The first-order valence-corrected chi connectivity index (χ1v) is 16.8. The van der Waals surface area contributed by atoms with E-state index in [1.807, 2.05) is 0 Å². The lowest BCUT2D eigenvalue weighted by Crippen LogP contribution is -2.52. The Morgan fingerprint density at radius 2 is 1.67 bits per heavy atom. The zero-order valence-corrected chi connectivity index (χ0v) is 24.1. The van der Waals surface area contributed by atoms with E-state index in [0.717, 1.165) is 24.7 Å². The molecule has 43 heavy (non-hydrogen) atoms. The van der Waals surface area contributed by atoms with Crippen LogP contribution in [0.5, 0.6) is 0 Å². The van der Waals surface area contributed by atoms with E-state index < -0.39 is 90.4 Å². The number of benzene rings is 1. The third kappa shape index (κ3) is 7.94. The highest BCUT2D eigenvalue weighted by Crippen LogP contribution is 3.02. The van der Waals surface area contributed by atoms with Gasteiger partial charge in [-0.05, 0) is 49.6 Å². The molecule has 2 aromatic rings. The van der Waals surface area contributed by atoms with E-state index in [2.05, 4.69) is 15.6 Å². The molecule has 2 aliphatic rings. The van der Waals surface area contributed by atoms with E-state index >= 15 is 0 Å². The molecule has 3 atom stereocenters. The first-order chi connectivity index (χ1) is 19.5. The second-order valence-corrected chi connectivity index (χ2v) is 15.5. The topological polar surface area (TPSA) is 108 Å². The summed E-state index contributed by atoms with van der Waals surface area (Å²) >= 11 is 0. The number of hydrogen-bond acceptors (Lipinski definition) is 6. The largest absolute Gasteiger partial charge is 0.351 e.